The van der Waals surface area contributed by atoms with Crippen molar-refractivity contribution in [3.05, 3.63) is 35.9 Å². The zero-order valence-electron chi connectivity index (χ0n) is 9.96. The Kier molecular flexibility index (Phi) is 5.05. The third-order valence-electron chi connectivity index (χ3n) is 2.29. The van der Waals surface area contributed by atoms with Crippen LogP contribution < -0.4 is 0 Å². The van der Waals surface area contributed by atoms with Gasteiger partial charge in [0.1, 0.15) is 6.42 Å². The summed E-state index contributed by atoms with van der Waals surface area (Å²) in [5.41, 5.74) is 0.437. The highest BCUT2D eigenvalue weighted by molar-refractivity contribution is 6.01. The highest BCUT2D eigenvalue weighted by atomic mass is 16.5. The first kappa shape index (κ1) is 13.9. The lowest BCUT2D eigenvalue weighted by atomic mass is 10.0. The zero-order chi connectivity index (χ0) is 13.5. The van der Waals surface area contributed by atoms with E-state index in [0.29, 0.717) is 12.0 Å². The highest BCUT2D eigenvalue weighted by Gasteiger charge is 2.23. The molecule has 1 aromatic rings. The van der Waals surface area contributed by atoms with Gasteiger partial charge in [-0.1, -0.05) is 37.3 Å². The van der Waals surface area contributed by atoms with Crippen LogP contribution in [0.2, 0.25) is 0 Å². The monoisotopic (exact) mass is 250 g/mol. The second kappa shape index (κ2) is 6.54. The lowest BCUT2D eigenvalue weighted by Gasteiger charge is -2.14. The van der Waals surface area contributed by atoms with E-state index in [1.807, 2.05) is 0 Å². The van der Waals surface area contributed by atoms with Crippen molar-refractivity contribution in [1.29, 1.82) is 0 Å². The maximum Gasteiger partial charge on any atom is 0.317 e. The van der Waals surface area contributed by atoms with Crippen molar-refractivity contribution in [3.8, 4) is 0 Å². The summed E-state index contributed by atoms with van der Waals surface area (Å²) in [6, 6.07) is 8.43. The SMILES string of the molecule is CCC(OC(=O)CC(=O)O)C(=O)c1ccccc1. The van der Waals surface area contributed by atoms with Crippen LogP contribution in [0.15, 0.2) is 30.3 Å². The Bertz CT molecular complexity index is 438. The van der Waals surface area contributed by atoms with Crippen molar-refractivity contribution in [2.75, 3.05) is 0 Å². The lowest BCUT2D eigenvalue weighted by molar-refractivity contribution is -0.153. The second-order valence-corrected chi connectivity index (χ2v) is 3.69. The van der Waals surface area contributed by atoms with Crippen LogP contribution in [0, 0.1) is 0 Å². The van der Waals surface area contributed by atoms with Gasteiger partial charge < -0.3 is 9.84 Å². The van der Waals surface area contributed by atoms with E-state index in [1.165, 1.54) is 0 Å². The van der Waals surface area contributed by atoms with Crippen molar-refractivity contribution >= 4 is 17.7 Å². The average Bonchev–Trinajstić information content (AvgIpc) is 2.35. The topological polar surface area (TPSA) is 80.7 Å². The van der Waals surface area contributed by atoms with Crippen molar-refractivity contribution in [1.82, 2.24) is 0 Å². The molecule has 0 aliphatic heterocycles. The number of hydrogen-bond acceptors (Lipinski definition) is 4. The molecular formula is C13H14O5. The lowest BCUT2D eigenvalue weighted by Crippen LogP contribution is -2.27. The fourth-order valence-electron chi connectivity index (χ4n) is 1.43. The van der Waals surface area contributed by atoms with E-state index >= 15 is 0 Å². The van der Waals surface area contributed by atoms with Crippen molar-refractivity contribution in [3.63, 3.8) is 0 Å². The van der Waals surface area contributed by atoms with Crippen LogP contribution in [0.1, 0.15) is 30.1 Å². The summed E-state index contributed by atoms with van der Waals surface area (Å²) in [4.78, 5) is 33.5. The number of esters is 1. The molecule has 1 unspecified atom stereocenters. The van der Waals surface area contributed by atoms with E-state index in [9.17, 15) is 14.4 Å². The molecule has 0 radical (unpaired) electrons. The highest BCUT2D eigenvalue weighted by Crippen LogP contribution is 2.10. The molecule has 0 bridgehead atoms. The van der Waals surface area contributed by atoms with Gasteiger partial charge >= 0.3 is 11.9 Å². The molecule has 1 atom stereocenters. The molecule has 0 aliphatic rings. The Morgan fingerprint density at radius 3 is 2.33 bits per heavy atom. The van der Waals surface area contributed by atoms with Gasteiger partial charge in [0, 0.05) is 5.56 Å². The van der Waals surface area contributed by atoms with Gasteiger partial charge in [0.25, 0.3) is 0 Å². The molecule has 0 saturated heterocycles. The molecule has 0 amide bonds. The number of carboxylic acid groups (broad SMARTS) is 1. The van der Waals surface area contributed by atoms with Gasteiger partial charge in [0.2, 0.25) is 5.78 Å². The summed E-state index contributed by atoms with van der Waals surface area (Å²) >= 11 is 0. The number of aliphatic carboxylic acids is 1. The maximum atomic E-state index is 12.0. The minimum Gasteiger partial charge on any atom is -0.481 e. The second-order valence-electron chi connectivity index (χ2n) is 3.69. The first-order valence-electron chi connectivity index (χ1n) is 5.55. The summed E-state index contributed by atoms with van der Waals surface area (Å²) in [6.45, 7) is 1.69. The van der Waals surface area contributed by atoms with Gasteiger partial charge in [-0.05, 0) is 6.42 Å². The molecule has 1 rings (SSSR count). The first-order valence-corrected chi connectivity index (χ1v) is 5.55. The number of carbonyl (C=O) groups is 3. The minimum atomic E-state index is -1.28. The third kappa shape index (κ3) is 4.01. The molecule has 5 nitrogen and oxygen atoms in total. The predicted molar refractivity (Wildman–Crippen MR) is 63.2 cm³/mol. The van der Waals surface area contributed by atoms with Crippen LogP contribution in [-0.4, -0.2) is 28.9 Å². The quantitative estimate of drug-likeness (QED) is 0.472. The van der Waals surface area contributed by atoms with Crippen LogP contribution >= 0.6 is 0 Å². The number of rotatable bonds is 6. The summed E-state index contributed by atoms with van der Waals surface area (Å²) < 4.78 is 4.86. The molecule has 0 aromatic heterocycles. The molecule has 5 heteroatoms. The summed E-state index contributed by atoms with van der Waals surface area (Å²) in [5.74, 6) is -2.50. The molecular weight excluding hydrogens is 236 g/mol. The van der Waals surface area contributed by atoms with Crippen molar-refractivity contribution < 1.29 is 24.2 Å². The van der Waals surface area contributed by atoms with E-state index < -0.39 is 24.5 Å². The largest absolute Gasteiger partial charge is 0.481 e. The Labute approximate surface area is 104 Å². The molecule has 1 aromatic carbocycles. The Balaban J connectivity index is 2.69. The fourth-order valence-corrected chi connectivity index (χ4v) is 1.43. The van der Waals surface area contributed by atoms with Gasteiger partial charge in [0.15, 0.2) is 6.10 Å². The van der Waals surface area contributed by atoms with Crippen molar-refractivity contribution in [2.24, 2.45) is 0 Å². The zero-order valence-corrected chi connectivity index (χ0v) is 9.96. The van der Waals surface area contributed by atoms with Crippen molar-refractivity contribution in [2.45, 2.75) is 25.9 Å². The molecule has 96 valence electrons. The number of carbonyl (C=O) groups excluding carboxylic acids is 2. The minimum absolute atomic E-state index is 0.305. The average molecular weight is 250 g/mol. The molecule has 18 heavy (non-hydrogen) atoms. The van der Waals surface area contributed by atoms with E-state index in [1.54, 1.807) is 37.3 Å². The van der Waals surface area contributed by atoms with Gasteiger partial charge in [-0.2, -0.15) is 0 Å². The first-order chi connectivity index (χ1) is 8.54. The summed E-state index contributed by atoms with van der Waals surface area (Å²) in [7, 11) is 0. The molecule has 0 saturated carbocycles. The Morgan fingerprint density at radius 1 is 1.22 bits per heavy atom. The van der Waals surface area contributed by atoms with Crippen LogP contribution in [0.4, 0.5) is 0 Å². The molecule has 0 aliphatic carbocycles. The summed E-state index contributed by atoms with van der Waals surface area (Å²) in [6.07, 6.45) is -1.36. The van der Waals surface area contributed by atoms with Gasteiger partial charge in [-0.15, -0.1) is 0 Å². The number of hydrogen-bond donors (Lipinski definition) is 1. The van der Waals surface area contributed by atoms with Gasteiger partial charge in [-0.3, -0.25) is 14.4 Å². The number of Topliss-reactive ketones (excluding diaryl/α,β-unsaturated/α-hetero) is 1. The smallest absolute Gasteiger partial charge is 0.317 e. The normalized spacial score (nSPS) is 11.6. The molecule has 0 fully saturated rings. The number of carboxylic acids is 1. The molecule has 0 spiro atoms. The standard InChI is InChI=1S/C13H14O5/c1-2-10(18-12(16)8-11(14)15)13(17)9-6-4-3-5-7-9/h3-7,10H,2,8H2,1H3,(H,14,15). The van der Waals surface area contributed by atoms with E-state index in [2.05, 4.69) is 0 Å². The van der Waals surface area contributed by atoms with Crippen LogP contribution in [0.25, 0.3) is 0 Å². The van der Waals surface area contributed by atoms with Crippen LogP contribution in [0.3, 0.4) is 0 Å². The van der Waals surface area contributed by atoms with E-state index in [-0.39, 0.29) is 5.78 Å². The number of benzene rings is 1. The Morgan fingerprint density at radius 2 is 1.83 bits per heavy atom. The molecule has 1 N–H and O–H groups in total. The fraction of sp³-hybridized carbons (Fsp3) is 0.308. The summed E-state index contributed by atoms with van der Waals surface area (Å²) in [5, 5.41) is 8.44. The predicted octanol–water partition coefficient (Wildman–Crippen LogP) is 1.67. The third-order valence-corrected chi connectivity index (χ3v) is 2.29. The molecule has 0 heterocycles. The Hall–Kier alpha value is -2.17. The van der Waals surface area contributed by atoms with E-state index in [4.69, 9.17) is 9.84 Å². The van der Waals surface area contributed by atoms with E-state index in [0.717, 1.165) is 0 Å². The maximum absolute atomic E-state index is 12.0. The van der Waals surface area contributed by atoms with Crippen LogP contribution in [-0.2, 0) is 14.3 Å². The van der Waals surface area contributed by atoms with Gasteiger partial charge in [0.05, 0.1) is 0 Å². The van der Waals surface area contributed by atoms with Crippen LogP contribution in [0.5, 0.6) is 0 Å². The van der Waals surface area contributed by atoms with Gasteiger partial charge in [-0.25, -0.2) is 0 Å². The number of ether oxygens (including phenoxy) is 1. The number of ketones is 1.